The van der Waals surface area contributed by atoms with Gasteiger partial charge in [-0.2, -0.15) is 0 Å². The molecule has 1 aromatic heterocycles. The van der Waals surface area contributed by atoms with E-state index in [4.69, 9.17) is 0 Å². The van der Waals surface area contributed by atoms with Crippen molar-refractivity contribution in [3.8, 4) is 0 Å². The molecule has 5 rings (SSSR count). The van der Waals surface area contributed by atoms with Gasteiger partial charge >= 0.3 is 0 Å². The van der Waals surface area contributed by atoms with Gasteiger partial charge in [-0.1, -0.05) is 49.2 Å². The first-order valence-electron chi connectivity index (χ1n) is 10.3. The van der Waals surface area contributed by atoms with Gasteiger partial charge in [0.1, 0.15) is 0 Å². The standard InChI is InChI=1S/C24H26N2O2/c27-23(18-11-10-17-12-14-25-21(17)16-18)26-15-13-24(28,19-6-2-1-3-7-19)20-8-4-5-9-22(20)26/h1-3,6-7,10-12,14,16,20,22,25,28H,4-5,8-9,13,15H2. The minimum absolute atomic E-state index is 0.0866. The lowest BCUT2D eigenvalue weighted by Crippen LogP contribution is -2.58. The van der Waals surface area contributed by atoms with Crippen LogP contribution >= 0.6 is 0 Å². The average molecular weight is 374 g/mol. The number of nitrogens with one attached hydrogen (secondary N) is 1. The minimum atomic E-state index is -0.841. The molecule has 1 amide bonds. The van der Waals surface area contributed by atoms with Crippen molar-refractivity contribution in [3.05, 3.63) is 71.9 Å². The van der Waals surface area contributed by atoms with E-state index in [1.54, 1.807) is 0 Å². The first kappa shape index (κ1) is 17.5. The summed E-state index contributed by atoms with van der Waals surface area (Å²) in [6, 6.07) is 18.0. The Morgan fingerprint density at radius 2 is 1.89 bits per heavy atom. The van der Waals surface area contributed by atoms with Crippen LogP contribution < -0.4 is 0 Å². The lowest BCUT2D eigenvalue weighted by Gasteiger charge is -2.52. The number of benzene rings is 2. The van der Waals surface area contributed by atoms with Gasteiger partial charge in [0.25, 0.3) is 5.91 Å². The molecule has 4 nitrogen and oxygen atoms in total. The number of likely N-dealkylation sites (tertiary alicyclic amines) is 1. The Bertz CT molecular complexity index is 996. The third kappa shape index (κ3) is 2.75. The first-order chi connectivity index (χ1) is 13.7. The van der Waals surface area contributed by atoms with E-state index in [-0.39, 0.29) is 17.9 Å². The highest BCUT2D eigenvalue weighted by Gasteiger charge is 2.50. The molecule has 2 aromatic carbocycles. The lowest BCUT2D eigenvalue weighted by molar-refractivity contribution is -0.110. The maximum Gasteiger partial charge on any atom is 0.254 e. The van der Waals surface area contributed by atoms with Crippen molar-refractivity contribution in [3.63, 3.8) is 0 Å². The van der Waals surface area contributed by atoms with Gasteiger partial charge < -0.3 is 15.0 Å². The Labute approximate surface area is 165 Å². The number of nitrogens with zero attached hydrogens (tertiary/aromatic N) is 1. The summed E-state index contributed by atoms with van der Waals surface area (Å²) in [6.45, 7) is 0.591. The number of fused-ring (bicyclic) bond motifs is 2. The number of H-pyrrole nitrogens is 1. The molecule has 3 atom stereocenters. The molecule has 1 aliphatic carbocycles. The Kier molecular flexibility index (Phi) is 4.24. The predicted octanol–water partition coefficient (Wildman–Crippen LogP) is 4.46. The van der Waals surface area contributed by atoms with Crippen LogP contribution in [0.15, 0.2) is 60.8 Å². The van der Waals surface area contributed by atoms with E-state index >= 15 is 0 Å². The quantitative estimate of drug-likeness (QED) is 0.696. The molecule has 2 N–H and O–H groups in total. The summed E-state index contributed by atoms with van der Waals surface area (Å²) >= 11 is 0. The summed E-state index contributed by atoms with van der Waals surface area (Å²) in [5, 5.41) is 12.8. The van der Waals surface area contributed by atoms with Gasteiger partial charge in [0.05, 0.1) is 5.60 Å². The van der Waals surface area contributed by atoms with Crippen LogP contribution in [0.25, 0.3) is 10.9 Å². The molecular formula is C24H26N2O2. The van der Waals surface area contributed by atoms with Crippen molar-refractivity contribution >= 4 is 16.8 Å². The molecule has 2 aliphatic rings. The first-order valence-corrected chi connectivity index (χ1v) is 10.3. The van der Waals surface area contributed by atoms with E-state index in [9.17, 15) is 9.90 Å². The number of rotatable bonds is 2. The zero-order chi connectivity index (χ0) is 19.1. The van der Waals surface area contributed by atoms with E-state index < -0.39 is 5.60 Å². The molecule has 0 spiro atoms. The van der Waals surface area contributed by atoms with Crippen molar-refractivity contribution in [2.24, 2.45) is 5.92 Å². The van der Waals surface area contributed by atoms with Crippen LogP contribution in [-0.2, 0) is 5.60 Å². The topological polar surface area (TPSA) is 56.3 Å². The zero-order valence-corrected chi connectivity index (χ0v) is 16.0. The molecular weight excluding hydrogens is 348 g/mol. The third-order valence-corrected chi connectivity index (χ3v) is 6.81. The van der Waals surface area contributed by atoms with E-state index in [1.165, 1.54) is 0 Å². The summed E-state index contributed by atoms with van der Waals surface area (Å²) < 4.78 is 0. The summed E-state index contributed by atoms with van der Waals surface area (Å²) in [5.74, 6) is 0.180. The minimum Gasteiger partial charge on any atom is -0.385 e. The van der Waals surface area contributed by atoms with Gasteiger partial charge in [0, 0.05) is 35.8 Å². The average Bonchev–Trinajstić information content (AvgIpc) is 3.22. The van der Waals surface area contributed by atoms with E-state index in [0.29, 0.717) is 13.0 Å². The highest BCUT2D eigenvalue weighted by molar-refractivity contribution is 5.98. The van der Waals surface area contributed by atoms with Gasteiger partial charge in [0.15, 0.2) is 0 Å². The van der Waals surface area contributed by atoms with Crippen LogP contribution in [0.3, 0.4) is 0 Å². The van der Waals surface area contributed by atoms with Crippen LogP contribution in [0.5, 0.6) is 0 Å². The van der Waals surface area contributed by atoms with E-state index in [1.807, 2.05) is 65.7 Å². The van der Waals surface area contributed by atoms with Gasteiger partial charge in [0.2, 0.25) is 0 Å². The largest absolute Gasteiger partial charge is 0.385 e. The Hall–Kier alpha value is -2.59. The SMILES string of the molecule is O=C(c1ccc2cc[nH]c2c1)N1CCC(O)(c2ccccc2)C2CCCCC21. The summed E-state index contributed by atoms with van der Waals surface area (Å²) in [6.07, 6.45) is 6.66. The predicted molar refractivity (Wildman–Crippen MR) is 110 cm³/mol. The van der Waals surface area contributed by atoms with Gasteiger partial charge in [-0.15, -0.1) is 0 Å². The van der Waals surface area contributed by atoms with Crippen molar-refractivity contribution in [1.29, 1.82) is 0 Å². The highest BCUT2D eigenvalue weighted by atomic mass is 16.3. The van der Waals surface area contributed by atoms with Crippen molar-refractivity contribution < 1.29 is 9.90 Å². The number of piperidine rings is 1. The molecule has 28 heavy (non-hydrogen) atoms. The molecule has 0 bridgehead atoms. The van der Waals surface area contributed by atoms with Crippen molar-refractivity contribution in [2.75, 3.05) is 6.54 Å². The molecule has 3 aromatic rings. The summed E-state index contributed by atoms with van der Waals surface area (Å²) in [5.41, 5.74) is 1.87. The van der Waals surface area contributed by atoms with Crippen LogP contribution in [0.2, 0.25) is 0 Å². The molecule has 1 saturated carbocycles. The fraction of sp³-hybridized carbons (Fsp3) is 0.375. The van der Waals surface area contributed by atoms with Gasteiger partial charge in [-0.3, -0.25) is 4.79 Å². The molecule has 0 radical (unpaired) electrons. The zero-order valence-electron chi connectivity index (χ0n) is 16.0. The molecule has 1 saturated heterocycles. The van der Waals surface area contributed by atoms with Crippen molar-refractivity contribution in [2.45, 2.75) is 43.7 Å². The number of amides is 1. The Morgan fingerprint density at radius 1 is 1.07 bits per heavy atom. The number of aromatic amines is 1. The number of hydrogen-bond donors (Lipinski definition) is 2. The second-order valence-corrected chi connectivity index (χ2v) is 8.28. The summed E-state index contributed by atoms with van der Waals surface area (Å²) in [7, 11) is 0. The monoisotopic (exact) mass is 374 g/mol. The fourth-order valence-corrected chi connectivity index (χ4v) is 5.37. The maximum absolute atomic E-state index is 13.4. The number of hydrogen-bond acceptors (Lipinski definition) is 2. The molecule has 4 heteroatoms. The van der Waals surface area contributed by atoms with Crippen LogP contribution in [-0.4, -0.2) is 33.5 Å². The van der Waals surface area contributed by atoms with E-state index in [2.05, 4.69) is 4.98 Å². The normalized spacial score (nSPS) is 27.5. The molecule has 144 valence electrons. The van der Waals surface area contributed by atoms with Crippen LogP contribution in [0, 0.1) is 5.92 Å². The number of carbonyl (C=O) groups excluding carboxylic acids is 1. The number of aliphatic hydroxyl groups is 1. The highest BCUT2D eigenvalue weighted by Crippen LogP contribution is 2.47. The van der Waals surface area contributed by atoms with E-state index in [0.717, 1.165) is 47.7 Å². The van der Waals surface area contributed by atoms with Crippen LogP contribution in [0.4, 0.5) is 0 Å². The number of carbonyl (C=O) groups is 1. The smallest absolute Gasteiger partial charge is 0.254 e. The maximum atomic E-state index is 13.4. The van der Waals surface area contributed by atoms with Gasteiger partial charge in [-0.25, -0.2) is 0 Å². The molecule has 1 aliphatic heterocycles. The second-order valence-electron chi connectivity index (χ2n) is 8.28. The summed E-state index contributed by atoms with van der Waals surface area (Å²) in [4.78, 5) is 18.6. The molecule has 3 unspecified atom stereocenters. The Balaban J connectivity index is 1.47. The molecule has 2 fully saturated rings. The molecule has 2 heterocycles. The van der Waals surface area contributed by atoms with Crippen molar-refractivity contribution in [1.82, 2.24) is 9.88 Å². The fourth-order valence-electron chi connectivity index (χ4n) is 5.37. The van der Waals surface area contributed by atoms with Gasteiger partial charge in [-0.05, 0) is 48.4 Å². The van der Waals surface area contributed by atoms with Crippen LogP contribution in [0.1, 0.15) is 48.0 Å². The lowest BCUT2D eigenvalue weighted by atomic mass is 9.66. The Morgan fingerprint density at radius 3 is 2.75 bits per heavy atom. The third-order valence-electron chi connectivity index (χ3n) is 6.81. The number of aromatic nitrogens is 1. The second kappa shape index (κ2) is 6.78.